The van der Waals surface area contributed by atoms with Crippen LogP contribution in [-0.4, -0.2) is 35.6 Å². The summed E-state index contributed by atoms with van der Waals surface area (Å²) in [5, 5.41) is 8.22. The van der Waals surface area contributed by atoms with Crippen molar-refractivity contribution in [2.75, 3.05) is 0 Å². The van der Waals surface area contributed by atoms with Crippen LogP contribution in [0.2, 0.25) is 0 Å². The normalized spacial score (nSPS) is 11.0. The molecule has 2 aromatic heterocycles. The lowest BCUT2D eigenvalue weighted by atomic mass is 10.1. The van der Waals surface area contributed by atoms with Gasteiger partial charge in [0.2, 0.25) is 0 Å². The molecule has 3 aromatic rings. The van der Waals surface area contributed by atoms with E-state index in [-0.39, 0.29) is 6.03 Å². The molecule has 0 atom stereocenters. The monoisotopic (exact) mass is 296 g/mol. The molecule has 0 bridgehead atoms. The van der Waals surface area contributed by atoms with Crippen molar-refractivity contribution in [1.82, 2.24) is 29.5 Å². The molecule has 0 aliphatic rings. The Morgan fingerprint density at radius 1 is 1.23 bits per heavy atom. The summed E-state index contributed by atoms with van der Waals surface area (Å²) < 4.78 is 2.45. The third kappa shape index (κ3) is 2.78. The Balaban J connectivity index is 2.04. The predicted octanol–water partition coefficient (Wildman–Crippen LogP) is 2.25. The fraction of sp³-hybridized carbons (Fsp3) is 0.267. The first kappa shape index (κ1) is 14.1. The van der Waals surface area contributed by atoms with Crippen molar-refractivity contribution in [3.05, 3.63) is 48.8 Å². The van der Waals surface area contributed by atoms with Gasteiger partial charge in [-0.1, -0.05) is 44.2 Å². The van der Waals surface area contributed by atoms with Gasteiger partial charge in [-0.05, 0) is 5.92 Å². The van der Waals surface area contributed by atoms with Crippen LogP contribution in [0.4, 0.5) is 4.79 Å². The molecule has 0 aliphatic heterocycles. The molecular formula is C15H16N6O. The Morgan fingerprint density at radius 3 is 2.64 bits per heavy atom. The van der Waals surface area contributed by atoms with Crippen LogP contribution in [-0.2, 0) is 6.42 Å². The summed E-state index contributed by atoms with van der Waals surface area (Å²) in [4.78, 5) is 20.8. The Bertz CT molecular complexity index is 761. The van der Waals surface area contributed by atoms with Crippen LogP contribution in [0.15, 0.2) is 43.0 Å². The molecule has 7 nitrogen and oxygen atoms in total. The van der Waals surface area contributed by atoms with Gasteiger partial charge in [-0.15, -0.1) is 5.10 Å². The number of nitrogens with zero attached hydrogens (tertiary/aromatic N) is 6. The first-order valence-electron chi connectivity index (χ1n) is 7.06. The largest absolute Gasteiger partial charge is 0.372 e. The molecule has 0 radical (unpaired) electrons. The Kier molecular flexibility index (Phi) is 3.78. The fourth-order valence-corrected chi connectivity index (χ4v) is 2.11. The molecule has 22 heavy (non-hydrogen) atoms. The highest BCUT2D eigenvalue weighted by molar-refractivity contribution is 5.78. The summed E-state index contributed by atoms with van der Waals surface area (Å²) >= 11 is 0. The van der Waals surface area contributed by atoms with Gasteiger partial charge in [0, 0.05) is 12.0 Å². The van der Waals surface area contributed by atoms with E-state index in [0.29, 0.717) is 24.0 Å². The number of hydrogen-bond acceptors (Lipinski definition) is 5. The van der Waals surface area contributed by atoms with E-state index >= 15 is 0 Å². The molecule has 1 aromatic carbocycles. The van der Waals surface area contributed by atoms with E-state index in [4.69, 9.17) is 0 Å². The molecule has 3 rings (SSSR count). The van der Waals surface area contributed by atoms with E-state index in [1.807, 2.05) is 30.3 Å². The molecule has 0 aliphatic carbocycles. The van der Waals surface area contributed by atoms with Crippen molar-refractivity contribution in [1.29, 1.82) is 0 Å². The lowest BCUT2D eigenvalue weighted by Crippen LogP contribution is -2.24. The average molecular weight is 296 g/mol. The van der Waals surface area contributed by atoms with Gasteiger partial charge >= 0.3 is 6.03 Å². The van der Waals surface area contributed by atoms with Crippen molar-refractivity contribution in [3.63, 3.8) is 0 Å². The van der Waals surface area contributed by atoms with Gasteiger partial charge in [0.05, 0.1) is 0 Å². The second-order valence-electron chi connectivity index (χ2n) is 5.35. The van der Waals surface area contributed by atoms with Gasteiger partial charge in [0.25, 0.3) is 0 Å². The van der Waals surface area contributed by atoms with Crippen LogP contribution >= 0.6 is 0 Å². The van der Waals surface area contributed by atoms with Gasteiger partial charge in [0.1, 0.15) is 18.5 Å². The number of hydrogen-bond donors (Lipinski definition) is 0. The summed E-state index contributed by atoms with van der Waals surface area (Å²) in [6.07, 6.45) is 3.32. The summed E-state index contributed by atoms with van der Waals surface area (Å²) in [5.74, 6) is 1.51. The molecule has 0 N–H and O–H groups in total. The minimum atomic E-state index is -0.386. The summed E-state index contributed by atoms with van der Waals surface area (Å²) in [5.41, 5.74) is 0.873. The van der Waals surface area contributed by atoms with Crippen LogP contribution in [0, 0.1) is 5.92 Å². The molecule has 0 fully saturated rings. The Morgan fingerprint density at radius 2 is 2.00 bits per heavy atom. The van der Waals surface area contributed by atoms with E-state index in [9.17, 15) is 4.79 Å². The van der Waals surface area contributed by atoms with Crippen molar-refractivity contribution < 1.29 is 4.79 Å². The van der Waals surface area contributed by atoms with Gasteiger partial charge in [0.15, 0.2) is 5.82 Å². The minimum absolute atomic E-state index is 0.357. The molecule has 0 amide bonds. The quantitative estimate of drug-likeness (QED) is 0.740. The maximum Gasteiger partial charge on any atom is 0.372 e. The summed E-state index contributed by atoms with van der Waals surface area (Å²) in [6, 6.07) is 9.20. The van der Waals surface area contributed by atoms with Gasteiger partial charge in [-0.3, -0.25) is 0 Å². The summed E-state index contributed by atoms with van der Waals surface area (Å²) in [6.45, 7) is 4.14. The van der Waals surface area contributed by atoms with Gasteiger partial charge in [-0.2, -0.15) is 14.5 Å². The highest BCUT2D eigenvalue weighted by Crippen LogP contribution is 2.17. The first-order chi connectivity index (χ1) is 10.6. The van der Waals surface area contributed by atoms with Crippen LogP contribution in [0.3, 0.4) is 0 Å². The smallest absolute Gasteiger partial charge is 0.243 e. The summed E-state index contributed by atoms with van der Waals surface area (Å²) in [7, 11) is 0. The SMILES string of the molecule is CC(C)Cc1nc(-c2ccccc2)nn1C(=O)n1cncn1. The second-order valence-corrected chi connectivity index (χ2v) is 5.35. The predicted molar refractivity (Wildman–Crippen MR) is 80.2 cm³/mol. The lowest BCUT2D eigenvalue weighted by molar-refractivity contribution is 0.237. The molecule has 0 saturated carbocycles. The zero-order valence-corrected chi connectivity index (χ0v) is 12.4. The fourth-order valence-electron chi connectivity index (χ4n) is 2.11. The van der Waals surface area contributed by atoms with Crippen molar-refractivity contribution in [3.8, 4) is 11.4 Å². The third-order valence-electron chi connectivity index (χ3n) is 3.09. The minimum Gasteiger partial charge on any atom is -0.243 e. The van der Waals surface area contributed by atoms with Gasteiger partial charge in [-0.25, -0.2) is 14.8 Å². The van der Waals surface area contributed by atoms with E-state index in [2.05, 4.69) is 34.0 Å². The molecule has 112 valence electrons. The number of carbonyl (C=O) groups excluding carboxylic acids is 1. The third-order valence-corrected chi connectivity index (χ3v) is 3.09. The highest BCUT2D eigenvalue weighted by atomic mass is 16.2. The number of aromatic nitrogens is 6. The van der Waals surface area contributed by atoms with Crippen LogP contribution < -0.4 is 0 Å². The molecule has 0 spiro atoms. The van der Waals surface area contributed by atoms with Crippen molar-refractivity contribution in [2.45, 2.75) is 20.3 Å². The van der Waals surface area contributed by atoms with Crippen LogP contribution in [0.5, 0.6) is 0 Å². The van der Waals surface area contributed by atoms with Crippen molar-refractivity contribution >= 4 is 6.03 Å². The molecule has 0 saturated heterocycles. The second kappa shape index (κ2) is 5.88. The Labute approximate surface area is 127 Å². The molecular weight excluding hydrogens is 280 g/mol. The zero-order chi connectivity index (χ0) is 15.5. The highest BCUT2D eigenvalue weighted by Gasteiger charge is 2.19. The zero-order valence-electron chi connectivity index (χ0n) is 12.4. The lowest BCUT2D eigenvalue weighted by Gasteiger charge is -2.05. The van der Waals surface area contributed by atoms with Crippen LogP contribution in [0.25, 0.3) is 11.4 Å². The maximum absolute atomic E-state index is 12.5. The Hall–Kier alpha value is -2.83. The first-order valence-corrected chi connectivity index (χ1v) is 7.06. The van der Waals surface area contributed by atoms with Crippen LogP contribution in [0.1, 0.15) is 19.7 Å². The van der Waals surface area contributed by atoms with E-state index in [1.54, 1.807) is 0 Å². The molecule has 0 unspecified atom stereocenters. The topological polar surface area (TPSA) is 78.5 Å². The number of rotatable bonds is 3. The average Bonchev–Trinajstić information content (AvgIpc) is 3.16. The van der Waals surface area contributed by atoms with E-state index < -0.39 is 0 Å². The number of benzene rings is 1. The standard InChI is InChI=1S/C15H16N6O/c1-11(2)8-13-18-14(12-6-4-3-5-7-12)19-21(13)15(22)20-10-16-9-17-20/h3-7,9-11H,8H2,1-2H3. The van der Waals surface area contributed by atoms with E-state index in [0.717, 1.165) is 10.2 Å². The molecule has 7 heteroatoms. The number of carbonyl (C=O) groups is 1. The van der Waals surface area contributed by atoms with Crippen molar-refractivity contribution in [2.24, 2.45) is 5.92 Å². The maximum atomic E-state index is 12.5. The van der Waals surface area contributed by atoms with E-state index in [1.165, 1.54) is 17.3 Å². The molecule has 2 heterocycles. The van der Waals surface area contributed by atoms with Gasteiger partial charge < -0.3 is 0 Å².